The molecular weight excluding hydrogens is 256 g/mol. The Labute approximate surface area is 130 Å². The number of ether oxygens (including phenoxy) is 1. The maximum Gasteiger partial charge on any atom is 0.0936 e. The van der Waals surface area contributed by atoms with Gasteiger partial charge in [0.25, 0.3) is 0 Å². The highest BCUT2D eigenvalue weighted by Crippen LogP contribution is 2.14. The Morgan fingerprint density at radius 1 is 1.14 bits per heavy atom. The summed E-state index contributed by atoms with van der Waals surface area (Å²) >= 11 is 0. The summed E-state index contributed by atoms with van der Waals surface area (Å²) in [5.74, 6) is 0.556. The van der Waals surface area contributed by atoms with E-state index in [4.69, 9.17) is 4.74 Å². The van der Waals surface area contributed by atoms with Crippen LogP contribution in [0, 0.1) is 5.92 Å². The van der Waals surface area contributed by atoms with Gasteiger partial charge in [-0.05, 0) is 63.2 Å². The highest BCUT2D eigenvalue weighted by molar-refractivity contribution is 5.62. The summed E-state index contributed by atoms with van der Waals surface area (Å²) in [6.07, 6.45) is 11.7. The molecule has 1 heteroatoms. The molecule has 1 aromatic rings. The van der Waals surface area contributed by atoms with Crippen LogP contribution in [0.2, 0.25) is 0 Å². The standard InChI is InChI=1S/C20H28O/c1-17(2)10-8-9-11-18(3)14-15-21-16-19(4)20-12-6-5-7-13-20/h5-7,10,12-16,18H,8-9,11H2,1-4H3/b15-14+,19-16+. The monoisotopic (exact) mass is 284 g/mol. The average Bonchev–Trinajstić information content (AvgIpc) is 2.48. The van der Waals surface area contributed by atoms with E-state index in [1.165, 1.54) is 30.4 Å². The molecule has 1 unspecified atom stereocenters. The van der Waals surface area contributed by atoms with Crippen molar-refractivity contribution in [2.24, 2.45) is 5.92 Å². The van der Waals surface area contributed by atoms with Gasteiger partial charge in [-0.2, -0.15) is 0 Å². The van der Waals surface area contributed by atoms with Gasteiger partial charge in [0.1, 0.15) is 0 Å². The van der Waals surface area contributed by atoms with Crippen LogP contribution in [0.1, 0.15) is 52.5 Å². The van der Waals surface area contributed by atoms with E-state index in [2.05, 4.69) is 52.0 Å². The molecule has 0 N–H and O–H groups in total. The first-order valence-electron chi connectivity index (χ1n) is 7.77. The molecule has 0 aliphatic heterocycles. The number of hydrogen-bond donors (Lipinski definition) is 0. The third-order valence-electron chi connectivity index (χ3n) is 3.38. The second-order valence-electron chi connectivity index (χ2n) is 5.82. The van der Waals surface area contributed by atoms with Crippen LogP contribution in [0.4, 0.5) is 0 Å². The van der Waals surface area contributed by atoms with Gasteiger partial charge in [0.2, 0.25) is 0 Å². The highest BCUT2D eigenvalue weighted by Gasteiger charge is 1.96. The third kappa shape index (κ3) is 8.19. The number of unbranched alkanes of at least 4 members (excludes halogenated alkanes) is 1. The first-order valence-corrected chi connectivity index (χ1v) is 7.77. The molecule has 0 spiro atoms. The number of rotatable bonds is 8. The first kappa shape index (κ1) is 17.3. The minimum Gasteiger partial charge on any atom is -0.473 e. The molecule has 0 amide bonds. The second-order valence-corrected chi connectivity index (χ2v) is 5.82. The van der Waals surface area contributed by atoms with Gasteiger partial charge in [0.15, 0.2) is 0 Å². The Morgan fingerprint density at radius 3 is 2.52 bits per heavy atom. The summed E-state index contributed by atoms with van der Waals surface area (Å²) in [4.78, 5) is 0. The minimum absolute atomic E-state index is 0.556. The lowest BCUT2D eigenvalue weighted by molar-refractivity contribution is 0.397. The Bertz CT molecular complexity index is 476. The summed E-state index contributed by atoms with van der Waals surface area (Å²) < 4.78 is 5.51. The van der Waals surface area contributed by atoms with E-state index in [1.807, 2.05) is 24.5 Å². The van der Waals surface area contributed by atoms with Crippen molar-refractivity contribution in [3.63, 3.8) is 0 Å². The van der Waals surface area contributed by atoms with Crippen molar-refractivity contribution in [3.8, 4) is 0 Å². The smallest absolute Gasteiger partial charge is 0.0936 e. The molecule has 21 heavy (non-hydrogen) atoms. The zero-order valence-electron chi connectivity index (χ0n) is 13.8. The van der Waals surface area contributed by atoms with Crippen LogP contribution in [0.15, 0.2) is 60.6 Å². The van der Waals surface area contributed by atoms with Crippen LogP contribution in [0.3, 0.4) is 0 Å². The summed E-state index contributed by atoms with van der Waals surface area (Å²) in [5, 5.41) is 0. The molecule has 0 fully saturated rings. The van der Waals surface area contributed by atoms with E-state index in [0.29, 0.717) is 5.92 Å². The van der Waals surface area contributed by atoms with E-state index < -0.39 is 0 Å². The molecule has 1 aromatic carbocycles. The molecular formula is C20H28O. The van der Waals surface area contributed by atoms with E-state index in [-0.39, 0.29) is 0 Å². The lowest BCUT2D eigenvalue weighted by Gasteiger charge is -2.04. The predicted octanol–water partition coefficient (Wildman–Crippen LogP) is 6.35. The van der Waals surface area contributed by atoms with Crippen molar-refractivity contribution >= 4 is 5.57 Å². The van der Waals surface area contributed by atoms with Gasteiger partial charge < -0.3 is 4.74 Å². The van der Waals surface area contributed by atoms with Crippen molar-refractivity contribution in [1.29, 1.82) is 0 Å². The van der Waals surface area contributed by atoms with Crippen LogP contribution in [-0.2, 0) is 4.74 Å². The van der Waals surface area contributed by atoms with Gasteiger partial charge in [0.05, 0.1) is 12.5 Å². The van der Waals surface area contributed by atoms with E-state index >= 15 is 0 Å². The maximum atomic E-state index is 5.51. The Balaban J connectivity index is 2.29. The van der Waals surface area contributed by atoms with E-state index in [9.17, 15) is 0 Å². The molecule has 0 aromatic heterocycles. The minimum atomic E-state index is 0.556. The molecule has 0 radical (unpaired) electrons. The topological polar surface area (TPSA) is 9.23 Å². The Kier molecular flexibility index (Phi) is 8.27. The molecule has 1 nitrogen and oxygen atoms in total. The number of allylic oxidation sites excluding steroid dienone is 4. The molecule has 0 saturated heterocycles. The number of hydrogen-bond acceptors (Lipinski definition) is 1. The predicted molar refractivity (Wildman–Crippen MR) is 92.8 cm³/mol. The Hall–Kier alpha value is -1.76. The van der Waals surface area contributed by atoms with Crippen molar-refractivity contribution in [3.05, 3.63) is 66.1 Å². The SMILES string of the molecule is CC(C)=CCCCC(C)/C=C/O/C=C(\C)c1ccccc1. The lowest BCUT2D eigenvalue weighted by Crippen LogP contribution is -1.89. The summed E-state index contributed by atoms with van der Waals surface area (Å²) in [6, 6.07) is 10.3. The van der Waals surface area contributed by atoms with Gasteiger partial charge >= 0.3 is 0 Å². The quantitative estimate of drug-likeness (QED) is 0.307. The van der Waals surface area contributed by atoms with E-state index in [1.54, 1.807) is 6.26 Å². The van der Waals surface area contributed by atoms with Crippen molar-refractivity contribution in [2.75, 3.05) is 0 Å². The Morgan fingerprint density at radius 2 is 1.86 bits per heavy atom. The molecule has 1 rings (SSSR count). The number of benzene rings is 1. The highest BCUT2D eigenvalue weighted by atomic mass is 16.5. The van der Waals surface area contributed by atoms with Gasteiger partial charge in [-0.1, -0.05) is 48.9 Å². The fourth-order valence-electron chi connectivity index (χ4n) is 2.02. The van der Waals surface area contributed by atoms with Crippen LogP contribution in [0.5, 0.6) is 0 Å². The average molecular weight is 284 g/mol. The van der Waals surface area contributed by atoms with Gasteiger partial charge in [0, 0.05) is 0 Å². The van der Waals surface area contributed by atoms with Crippen LogP contribution < -0.4 is 0 Å². The zero-order valence-corrected chi connectivity index (χ0v) is 13.8. The molecule has 0 saturated carbocycles. The second kappa shape index (κ2) is 10.0. The van der Waals surface area contributed by atoms with Crippen LogP contribution in [0.25, 0.3) is 5.57 Å². The van der Waals surface area contributed by atoms with Crippen molar-refractivity contribution < 1.29 is 4.74 Å². The fourth-order valence-corrected chi connectivity index (χ4v) is 2.02. The van der Waals surface area contributed by atoms with E-state index in [0.717, 1.165) is 5.57 Å². The van der Waals surface area contributed by atoms with Crippen molar-refractivity contribution in [1.82, 2.24) is 0 Å². The zero-order chi connectivity index (χ0) is 15.5. The van der Waals surface area contributed by atoms with Gasteiger partial charge in [-0.25, -0.2) is 0 Å². The van der Waals surface area contributed by atoms with Gasteiger partial charge in [-0.3, -0.25) is 0 Å². The lowest BCUT2D eigenvalue weighted by atomic mass is 10.0. The molecule has 0 bridgehead atoms. The third-order valence-corrected chi connectivity index (χ3v) is 3.38. The largest absolute Gasteiger partial charge is 0.473 e. The maximum absolute atomic E-state index is 5.51. The fraction of sp³-hybridized carbons (Fsp3) is 0.400. The molecule has 1 atom stereocenters. The van der Waals surface area contributed by atoms with Crippen LogP contribution in [-0.4, -0.2) is 0 Å². The van der Waals surface area contributed by atoms with Crippen molar-refractivity contribution in [2.45, 2.75) is 47.0 Å². The first-order chi connectivity index (χ1) is 10.1. The molecule has 0 aliphatic carbocycles. The summed E-state index contributed by atoms with van der Waals surface area (Å²) in [6.45, 7) is 8.60. The normalized spacial score (nSPS) is 13.2. The molecule has 0 aliphatic rings. The summed E-state index contributed by atoms with van der Waals surface area (Å²) in [7, 11) is 0. The van der Waals surface area contributed by atoms with Crippen LogP contribution >= 0.6 is 0 Å². The van der Waals surface area contributed by atoms with Gasteiger partial charge in [-0.15, -0.1) is 0 Å². The molecule has 0 heterocycles. The summed E-state index contributed by atoms with van der Waals surface area (Å²) in [5.41, 5.74) is 3.74. The molecule has 114 valence electrons.